The van der Waals surface area contributed by atoms with Crippen molar-refractivity contribution in [3.63, 3.8) is 0 Å². The van der Waals surface area contributed by atoms with Gasteiger partial charge >= 0.3 is 0 Å². The van der Waals surface area contributed by atoms with Crippen LogP contribution < -0.4 is 0 Å². The van der Waals surface area contributed by atoms with Gasteiger partial charge in [-0.05, 0) is 6.42 Å². The van der Waals surface area contributed by atoms with E-state index in [1.54, 1.807) is 13.0 Å². The Kier molecular flexibility index (Phi) is 4.77. The molecule has 1 atom stereocenters. The fraction of sp³-hybridized carbons (Fsp3) is 0.833. The first-order chi connectivity index (χ1) is 4.70. The van der Waals surface area contributed by atoms with E-state index in [0.717, 1.165) is 0 Å². The molecule has 0 aliphatic rings. The second-order valence-electron chi connectivity index (χ2n) is 1.75. The van der Waals surface area contributed by atoms with Gasteiger partial charge in [-0.2, -0.15) is 5.26 Å². The summed E-state index contributed by atoms with van der Waals surface area (Å²) in [5, 5.41) is 8.22. The summed E-state index contributed by atoms with van der Waals surface area (Å²) in [6.07, 6.45) is -2.72. The van der Waals surface area contributed by atoms with Crippen LogP contribution in [-0.4, -0.2) is 19.1 Å². The molecule has 0 aromatic rings. The Hall–Kier alpha value is -0.690. The highest BCUT2D eigenvalue weighted by Crippen LogP contribution is 1.99. The van der Waals surface area contributed by atoms with Gasteiger partial charge in [-0.1, -0.05) is 6.92 Å². The minimum Gasteiger partial charge on any atom is -0.357 e. The highest BCUT2D eigenvalue weighted by atomic mass is 19.3. The molecule has 0 spiro atoms. The zero-order valence-electron chi connectivity index (χ0n) is 5.68. The molecular formula is C6H9F2NO. The number of nitrogens with zero attached hydrogens (tertiary/aromatic N) is 1. The van der Waals surface area contributed by atoms with Crippen molar-refractivity contribution >= 4 is 0 Å². The SMILES string of the molecule is CCC(C#N)OCC(F)F. The van der Waals surface area contributed by atoms with E-state index in [1.807, 2.05) is 0 Å². The fourth-order valence-electron chi connectivity index (χ4n) is 0.435. The van der Waals surface area contributed by atoms with E-state index >= 15 is 0 Å². The molecule has 10 heavy (non-hydrogen) atoms. The summed E-state index contributed by atoms with van der Waals surface area (Å²) >= 11 is 0. The Balaban J connectivity index is 3.38. The lowest BCUT2D eigenvalue weighted by atomic mass is 10.3. The first-order valence-corrected chi connectivity index (χ1v) is 3.00. The van der Waals surface area contributed by atoms with Crippen LogP contribution in [0.1, 0.15) is 13.3 Å². The van der Waals surface area contributed by atoms with Gasteiger partial charge in [0.25, 0.3) is 6.43 Å². The predicted molar refractivity (Wildman–Crippen MR) is 31.6 cm³/mol. The van der Waals surface area contributed by atoms with Crippen LogP contribution in [0, 0.1) is 11.3 Å². The van der Waals surface area contributed by atoms with Gasteiger partial charge in [-0.15, -0.1) is 0 Å². The summed E-state index contributed by atoms with van der Waals surface area (Å²) in [5.74, 6) is 0. The first kappa shape index (κ1) is 9.31. The zero-order valence-corrected chi connectivity index (χ0v) is 5.68. The van der Waals surface area contributed by atoms with Gasteiger partial charge in [0.05, 0.1) is 6.07 Å². The number of rotatable bonds is 4. The predicted octanol–water partition coefficient (Wildman–Crippen LogP) is 1.57. The summed E-state index contributed by atoms with van der Waals surface area (Å²) < 4.78 is 27.4. The number of hydrogen-bond donors (Lipinski definition) is 0. The number of halogens is 2. The molecule has 0 radical (unpaired) electrons. The second-order valence-corrected chi connectivity index (χ2v) is 1.75. The Morgan fingerprint density at radius 1 is 1.60 bits per heavy atom. The Morgan fingerprint density at radius 3 is 2.50 bits per heavy atom. The highest BCUT2D eigenvalue weighted by molar-refractivity contribution is 4.82. The Labute approximate surface area is 58.4 Å². The third-order valence-corrected chi connectivity index (χ3v) is 0.938. The molecule has 0 amide bonds. The van der Waals surface area contributed by atoms with Crippen molar-refractivity contribution in [2.24, 2.45) is 0 Å². The lowest BCUT2D eigenvalue weighted by Crippen LogP contribution is -2.14. The summed E-state index contributed by atoms with van der Waals surface area (Å²) in [5.41, 5.74) is 0. The molecule has 0 saturated carbocycles. The molecule has 0 aliphatic heterocycles. The van der Waals surface area contributed by atoms with E-state index in [2.05, 4.69) is 4.74 Å². The fourth-order valence-corrected chi connectivity index (χ4v) is 0.435. The van der Waals surface area contributed by atoms with Crippen LogP contribution >= 0.6 is 0 Å². The van der Waals surface area contributed by atoms with E-state index in [-0.39, 0.29) is 0 Å². The molecule has 4 heteroatoms. The lowest BCUT2D eigenvalue weighted by Gasteiger charge is -2.05. The van der Waals surface area contributed by atoms with Crippen LogP contribution in [0.3, 0.4) is 0 Å². The Bertz CT molecular complexity index is 121. The van der Waals surface area contributed by atoms with Crippen molar-refractivity contribution in [3.05, 3.63) is 0 Å². The molecule has 2 nitrogen and oxygen atoms in total. The maximum absolute atomic E-state index is 11.4. The third-order valence-electron chi connectivity index (χ3n) is 0.938. The molecular weight excluding hydrogens is 140 g/mol. The monoisotopic (exact) mass is 149 g/mol. The topological polar surface area (TPSA) is 33.0 Å². The molecule has 0 heterocycles. The quantitative estimate of drug-likeness (QED) is 0.607. The molecule has 1 unspecified atom stereocenters. The molecule has 0 N–H and O–H groups in total. The molecule has 0 fully saturated rings. The average Bonchev–Trinajstić information content (AvgIpc) is 1.90. The maximum Gasteiger partial charge on any atom is 0.261 e. The minimum atomic E-state index is -2.48. The maximum atomic E-state index is 11.4. The minimum absolute atomic E-state index is 0.448. The number of ether oxygens (including phenoxy) is 1. The molecule has 0 rings (SSSR count). The van der Waals surface area contributed by atoms with Gasteiger partial charge in [0.15, 0.2) is 0 Å². The van der Waals surface area contributed by atoms with Crippen LogP contribution in [0.2, 0.25) is 0 Å². The zero-order chi connectivity index (χ0) is 7.98. The molecule has 0 saturated heterocycles. The van der Waals surface area contributed by atoms with Crippen LogP contribution in [-0.2, 0) is 4.74 Å². The molecule has 0 aromatic carbocycles. The van der Waals surface area contributed by atoms with E-state index in [0.29, 0.717) is 6.42 Å². The normalized spacial score (nSPS) is 13.1. The van der Waals surface area contributed by atoms with Crippen LogP contribution in [0.4, 0.5) is 8.78 Å². The summed E-state index contributed by atoms with van der Waals surface area (Å²) in [6, 6.07) is 1.75. The molecule has 58 valence electrons. The molecule has 0 aromatic heterocycles. The number of hydrogen-bond acceptors (Lipinski definition) is 2. The van der Waals surface area contributed by atoms with Crippen molar-refractivity contribution in [1.82, 2.24) is 0 Å². The van der Waals surface area contributed by atoms with Crippen LogP contribution in [0.5, 0.6) is 0 Å². The van der Waals surface area contributed by atoms with Crippen molar-refractivity contribution in [1.29, 1.82) is 5.26 Å². The third kappa shape index (κ3) is 4.21. The molecule has 0 bridgehead atoms. The summed E-state index contributed by atoms with van der Waals surface area (Å²) in [7, 11) is 0. The van der Waals surface area contributed by atoms with Gasteiger partial charge in [0, 0.05) is 0 Å². The van der Waals surface area contributed by atoms with E-state index in [1.165, 1.54) is 0 Å². The van der Waals surface area contributed by atoms with E-state index in [4.69, 9.17) is 5.26 Å². The van der Waals surface area contributed by atoms with Gasteiger partial charge in [0.1, 0.15) is 12.7 Å². The average molecular weight is 149 g/mol. The van der Waals surface area contributed by atoms with E-state index < -0.39 is 19.1 Å². The second kappa shape index (κ2) is 5.12. The summed E-state index contributed by atoms with van der Waals surface area (Å²) in [4.78, 5) is 0. The highest BCUT2D eigenvalue weighted by Gasteiger charge is 2.08. The standard InChI is InChI=1S/C6H9F2NO/c1-2-5(3-9)10-4-6(7)8/h5-6H,2,4H2,1H3. The first-order valence-electron chi connectivity index (χ1n) is 3.00. The largest absolute Gasteiger partial charge is 0.357 e. The van der Waals surface area contributed by atoms with Crippen LogP contribution in [0.15, 0.2) is 0 Å². The number of alkyl halides is 2. The van der Waals surface area contributed by atoms with Gasteiger partial charge < -0.3 is 4.74 Å². The Morgan fingerprint density at radius 2 is 2.20 bits per heavy atom. The summed E-state index contributed by atoms with van der Waals surface area (Å²) in [6.45, 7) is 1.06. The van der Waals surface area contributed by atoms with Gasteiger partial charge in [-0.25, -0.2) is 8.78 Å². The molecule has 0 aliphatic carbocycles. The van der Waals surface area contributed by atoms with Gasteiger partial charge in [0.2, 0.25) is 0 Å². The van der Waals surface area contributed by atoms with Crippen LogP contribution in [0.25, 0.3) is 0 Å². The van der Waals surface area contributed by atoms with Gasteiger partial charge in [-0.3, -0.25) is 0 Å². The van der Waals surface area contributed by atoms with Crippen molar-refractivity contribution in [2.75, 3.05) is 6.61 Å². The van der Waals surface area contributed by atoms with Crippen molar-refractivity contribution in [3.8, 4) is 6.07 Å². The lowest BCUT2D eigenvalue weighted by molar-refractivity contribution is -0.00520. The van der Waals surface area contributed by atoms with E-state index in [9.17, 15) is 8.78 Å². The number of nitriles is 1. The van der Waals surface area contributed by atoms with Crippen molar-refractivity contribution < 1.29 is 13.5 Å². The van der Waals surface area contributed by atoms with Crippen molar-refractivity contribution in [2.45, 2.75) is 25.9 Å². The smallest absolute Gasteiger partial charge is 0.261 e.